The van der Waals surface area contributed by atoms with Gasteiger partial charge in [0.15, 0.2) is 0 Å². The van der Waals surface area contributed by atoms with Gasteiger partial charge in [0.2, 0.25) is 0 Å². The minimum Gasteiger partial charge on any atom is -0.397 e. The van der Waals surface area contributed by atoms with Gasteiger partial charge in [-0.3, -0.25) is 14.2 Å². The SMILES string of the molecule is Cc1ccc2nc(CSc3ccncc3N)cc(=O)n2c1. The van der Waals surface area contributed by atoms with Crippen LogP contribution < -0.4 is 11.3 Å². The number of nitrogen functional groups attached to an aromatic ring is 1. The highest BCUT2D eigenvalue weighted by Gasteiger charge is 2.05. The van der Waals surface area contributed by atoms with Crippen molar-refractivity contribution >= 4 is 23.1 Å². The molecule has 3 rings (SSSR count). The van der Waals surface area contributed by atoms with Gasteiger partial charge in [0.25, 0.3) is 5.56 Å². The van der Waals surface area contributed by atoms with E-state index in [2.05, 4.69) is 9.97 Å². The summed E-state index contributed by atoms with van der Waals surface area (Å²) >= 11 is 1.54. The molecule has 0 aliphatic rings. The fourth-order valence-corrected chi connectivity index (χ4v) is 2.84. The van der Waals surface area contributed by atoms with E-state index in [-0.39, 0.29) is 5.56 Å². The van der Waals surface area contributed by atoms with Gasteiger partial charge in [-0.25, -0.2) is 4.98 Å². The molecule has 0 bridgehead atoms. The number of anilines is 1. The van der Waals surface area contributed by atoms with Crippen LogP contribution in [0.3, 0.4) is 0 Å². The maximum absolute atomic E-state index is 12.1. The Labute approximate surface area is 125 Å². The molecule has 0 atom stereocenters. The normalized spacial score (nSPS) is 10.9. The fraction of sp³-hybridized carbons (Fsp3) is 0.133. The van der Waals surface area contributed by atoms with Crippen molar-refractivity contribution in [2.45, 2.75) is 17.6 Å². The summed E-state index contributed by atoms with van der Waals surface area (Å²) in [6.45, 7) is 1.95. The summed E-state index contributed by atoms with van der Waals surface area (Å²) in [6.07, 6.45) is 5.11. The van der Waals surface area contributed by atoms with Crippen LogP contribution in [0.1, 0.15) is 11.3 Å². The van der Waals surface area contributed by atoms with E-state index in [1.807, 2.05) is 25.1 Å². The zero-order valence-corrected chi connectivity index (χ0v) is 12.3. The number of thioether (sulfide) groups is 1. The van der Waals surface area contributed by atoms with Crippen LogP contribution in [0.15, 0.2) is 52.5 Å². The minimum atomic E-state index is -0.0676. The lowest BCUT2D eigenvalue weighted by Gasteiger charge is -2.06. The van der Waals surface area contributed by atoms with Crippen molar-refractivity contribution in [3.05, 3.63) is 64.5 Å². The molecule has 0 aromatic carbocycles. The van der Waals surface area contributed by atoms with E-state index >= 15 is 0 Å². The molecule has 0 saturated carbocycles. The third kappa shape index (κ3) is 2.90. The van der Waals surface area contributed by atoms with E-state index in [0.29, 0.717) is 17.1 Å². The van der Waals surface area contributed by atoms with Crippen molar-refractivity contribution in [3.63, 3.8) is 0 Å². The first-order chi connectivity index (χ1) is 10.1. The van der Waals surface area contributed by atoms with E-state index in [1.165, 1.54) is 0 Å². The highest BCUT2D eigenvalue weighted by atomic mass is 32.2. The number of aryl methyl sites for hydroxylation is 1. The average molecular weight is 298 g/mol. The van der Waals surface area contributed by atoms with E-state index in [1.54, 1.807) is 40.8 Å². The average Bonchev–Trinajstić information content (AvgIpc) is 2.47. The van der Waals surface area contributed by atoms with Gasteiger partial charge in [0, 0.05) is 29.1 Å². The molecule has 3 aromatic rings. The molecule has 3 heterocycles. The summed E-state index contributed by atoms with van der Waals surface area (Å²) in [7, 11) is 0. The van der Waals surface area contributed by atoms with E-state index in [0.717, 1.165) is 16.2 Å². The topological polar surface area (TPSA) is 73.3 Å². The van der Waals surface area contributed by atoms with E-state index in [4.69, 9.17) is 5.73 Å². The number of pyridine rings is 2. The lowest BCUT2D eigenvalue weighted by atomic mass is 10.3. The standard InChI is InChI=1S/C15H14N4OS/c1-10-2-3-14-18-11(6-15(20)19(14)8-10)9-21-13-4-5-17-7-12(13)16/h2-8H,9,16H2,1H3. The maximum atomic E-state index is 12.1. The first-order valence-corrected chi connectivity index (χ1v) is 7.43. The molecular formula is C15H14N4OS. The number of aromatic nitrogens is 3. The van der Waals surface area contributed by atoms with Crippen molar-refractivity contribution < 1.29 is 0 Å². The molecule has 0 fully saturated rings. The number of rotatable bonds is 3. The molecule has 0 aliphatic carbocycles. The molecule has 0 aliphatic heterocycles. The largest absolute Gasteiger partial charge is 0.397 e. The van der Waals surface area contributed by atoms with E-state index < -0.39 is 0 Å². The van der Waals surface area contributed by atoms with Crippen molar-refractivity contribution in [1.82, 2.24) is 14.4 Å². The van der Waals surface area contributed by atoms with Gasteiger partial charge in [-0.2, -0.15) is 0 Å². The molecule has 0 amide bonds. The third-order valence-corrected chi connectivity index (χ3v) is 4.17. The van der Waals surface area contributed by atoms with Gasteiger partial charge in [0.1, 0.15) is 5.65 Å². The zero-order chi connectivity index (χ0) is 14.8. The van der Waals surface area contributed by atoms with Gasteiger partial charge in [0.05, 0.1) is 17.6 Å². The van der Waals surface area contributed by atoms with Crippen LogP contribution in [0, 0.1) is 6.92 Å². The Morgan fingerprint density at radius 2 is 2.19 bits per heavy atom. The second kappa shape index (κ2) is 5.57. The summed E-state index contributed by atoms with van der Waals surface area (Å²) in [6, 6.07) is 7.22. The molecule has 2 N–H and O–H groups in total. The van der Waals surface area contributed by atoms with Crippen molar-refractivity contribution in [3.8, 4) is 0 Å². The highest BCUT2D eigenvalue weighted by molar-refractivity contribution is 7.98. The van der Waals surface area contributed by atoms with Gasteiger partial charge in [-0.05, 0) is 24.6 Å². The Bertz CT molecular complexity index is 860. The van der Waals surface area contributed by atoms with Gasteiger partial charge in [-0.15, -0.1) is 11.8 Å². The Hall–Kier alpha value is -2.34. The Balaban J connectivity index is 1.90. The molecule has 3 aromatic heterocycles. The number of nitrogens with two attached hydrogens (primary N) is 1. The van der Waals surface area contributed by atoms with Crippen molar-refractivity contribution in [1.29, 1.82) is 0 Å². The van der Waals surface area contributed by atoms with Crippen LogP contribution in [-0.4, -0.2) is 14.4 Å². The van der Waals surface area contributed by atoms with Crippen LogP contribution in [0.5, 0.6) is 0 Å². The first-order valence-electron chi connectivity index (χ1n) is 6.45. The lowest BCUT2D eigenvalue weighted by Crippen LogP contribution is -2.15. The van der Waals surface area contributed by atoms with Crippen LogP contribution in [0.4, 0.5) is 5.69 Å². The Morgan fingerprint density at radius 3 is 3.00 bits per heavy atom. The molecule has 5 nitrogen and oxygen atoms in total. The number of nitrogens with zero attached hydrogens (tertiary/aromatic N) is 3. The molecule has 0 unspecified atom stereocenters. The van der Waals surface area contributed by atoms with Gasteiger partial charge in [-0.1, -0.05) is 6.07 Å². The summed E-state index contributed by atoms with van der Waals surface area (Å²) in [5.74, 6) is 0.591. The fourth-order valence-electron chi connectivity index (χ4n) is 2.01. The van der Waals surface area contributed by atoms with E-state index in [9.17, 15) is 4.79 Å². The second-order valence-corrected chi connectivity index (χ2v) is 5.74. The molecular weight excluding hydrogens is 284 g/mol. The highest BCUT2D eigenvalue weighted by Crippen LogP contribution is 2.26. The van der Waals surface area contributed by atoms with Crippen LogP contribution >= 0.6 is 11.8 Å². The summed E-state index contributed by atoms with van der Waals surface area (Å²) in [5.41, 5.74) is 8.84. The van der Waals surface area contributed by atoms with Gasteiger partial charge >= 0.3 is 0 Å². The summed E-state index contributed by atoms with van der Waals surface area (Å²) in [5, 5.41) is 0. The molecule has 0 saturated heterocycles. The van der Waals surface area contributed by atoms with Crippen LogP contribution in [-0.2, 0) is 5.75 Å². The molecule has 21 heavy (non-hydrogen) atoms. The minimum absolute atomic E-state index is 0.0676. The van der Waals surface area contributed by atoms with Crippen LogP contribution in [0.2, 0.25) is 0 Å². The molecule has 0 radical (unpaired) electrons. The molecule has 6 heteroatoms. The Morgan fingerprint density at radius 1 is 1.33 bits per heavy atom. The second-order valence-electron chi connectivity index (χ2n) is 4.72. The first kappa shape index (κ1) is 13.6. The summed E-state index contributed by atoms with van der Waals surface area (Å²) in [4.78, 5) is 21.5. The number of hydrogen-bond acceptors (Lipinski definition) is 5. The Kier molecular flexibility index (Phi) is 3.62. The quantitative estimate of drug-likeness (QED) is 0.751. The third-order valence-electron chi connectivity index (χ3n) is 3.05. The van der Waals surface area contributed by atoms with Crippen molar-refractivity contribution in [2.24, 2.45) is 0 Å². The van der Waals surface area contributed by atoms with Gasteiger partial charge < -0.3 is 5.73 Å². The number of hydrogen-bond donors (Lipinski definition) is 1. The van der Waals surface area contributed by atoms with Crippen LogP contribution in [0.25, 0.3) is 5.65 Å². The maximum Gasteiger partial charge on any atom is 0.258 e. The summed E-state index contributed by atoms with van der Waals surface area (Å²) < 4.78 is 1.56. The predicted octanol–water partition coefficient (Wildman–Crippen LogP) is 2.27. The predicted molar refractivity (Wildman–Crippen MR) is 84.4 cm³/mol. The molecule has 106 valence electrons. The monoisotopic (exact) mass is 298 g/mol. The smallest absolute Gasteiger partial charge is 0.258 e. The zero-order valence-electron chi connectivity index (χ0n) is 11.5. The molecule has 0 spiro atoms. The lowest BCUT2D eigenvalue weighted by molar-refractivity contribution is 1.00. The number of fused-ring (bicyclic) bond motifs is 1. The van der Waals surface area contributed by atoms with Crippen molar-refractivity contribution in [2.75, 3.05) is 5.73 Å².